The van der Waals surface area contributed by atoms with Gasteiger partial charge in [-0.3, -0.25) is 0 Å². The van der Waals surface area contributed by atoms with E-state index in [0.29, 0.717) is 19.6 Å². The standard InChI is InChI=1S/C15H22N2O2/c1-3-18-13-8-4-5-9-14(13)19-11-7-6-10-15(2,17)12-16/h4-5,8-9H,3,6-7,10-11,17H2,1-2H3. The molecule has 0 aliphatic heterocycles. The Morgan fingerprint density at radius 2 is 1.84 bits per heavy atom. The lowest BCUT2D eigenvalue weighted by atomic mass is 9.98. The van der Waals surface area contributed by atoms with Crippen molar-refractivity contribution in [2.24, 2.45) is 5.73 Å². The van der Waals surface area contributed by atoms with Gasteiger partial charge in [-0.05, 0) is 45.2 Å². The molecule has 0 saturated heterocycles. The third-order valence-corrected chi connectivity index (χ3v) is 2.75. The van der Waals surface area contributed by atoms with E-state index < -0.39 is 5.54 Å². The number of nitriles is 1. The monoisotopic (exact) mass is 262 g/mol. The summed E-state index contributed by atoms with van der Waals surface area (Å²) in [5.41, 5.74) is 5.02. The highest BCUT2D eigenvalue weighted by molar-refractivity contribution is 5.39. The Labute approximate surface area is 115 Å². The van der Waals surface area contributed by atoms with Gasteiger partial charge in [-0.2, -0.15) is 5.26 Å². The number of nitrogens with two attached hydrogens (primary N) is 1. The largest absolute Gasteiger partial charge is 0.490 e. The average Bonchev–Trinajstić information content (AvgIpc) is 2.40. The first-order valence-corrected chi connectivity index (χ1v) is 6.64. The van der Waals surface area contributed by atoms with Gasteiger partial charge >= 0.3 is 0 Å². The van der Waals surface area contributed by atoms with E-state index in [1.54, 1.807) is 6.92 Å². The van der Waals surface area contributed by atoms with Crippen molar-refractivity contribution in [3.05, 3.63) is 24.3 Å². The second-order valence-corrected chi connectivity index (χ2v) is 4.71. The lowest BCUT2D eigenvalue weighted by Gasteiger charge is -2.15. The molecule has 0 aliphatic rings. The van der Waals surface area contributed by atoms with E-state index in [-0.39, 0.29) is 0 Å². The molecule has 0 saturated carbocycles. The van der Waals surface area contributed by atoms with Crippen molar-refractivity contribution >= 4 is 0 Å². The minimum Gasteiger partial charge on any atom is -0.490 e. The third kappa shape index (κ3) is 5.62. The predicted octanol–water partition coefficient (Wildman–Crippen LogP) is 2.88. The van der Waals surface area contributed by atoms with E-state index in [9.17, 15) is 0 Å². The molecule has 0 bridgehead atoms. The summed E-state index contributed by atoms with van der Waals surface area (Å²) in [5, 5.41) is 8.80. The van der Waals surface area contributed by atoms with Crippen LogP contribution in [-0.2, 0) is 0 Å². The molecule has 0 aromatic heterocycles. The van der Waals surface area contributed by atoms with Crippen LogP contribution in [0.5, 0.6) is 11.5 Å². The van der Waals surface area contributed by atoms with E-state index in [0.717, 1.165) is 24.3 Å². The molecule has 2 N–H and O–H groups in total. The van der Waals surface area contributed by atoms with Crippen LogP contribution in [-0.4, -0.2) is 18.8 Å². The van der Waals surface area contributed by atoms with Crippen LogP contribution in [0, 0.1) is 11.3 Å². The van der Waals surface area contributed by atoms with Crippen LogP contribution in [0.1, 0.15) is 33.1 Å². The lowest BCUT2D eigenvalue weighted by Crippen LogP contribution is -2.33. The fraction of sp³-hybridized carbons (Fsp3) is 0.533. The molecular formula is C15H22N2O2. The van der Waals surface area contributed by atoms with Gasteiger partial charge < -0.3 is 15.2 Å². The van der Waals surface area contributed by atoms with Gasteiger partial charge in [-0.15, -0.1) is 0 Å². The van der Waals surface area contributed by atoms with Gasteiger partial charge in [-0.25, -0.2) is 0 Å². The number of rotatable bonds is 8. The highest BCUT2D eigenvalue weighted by Crippen LogP contribution is 2.26. The molecule has 104 valence electrons. The molecule has 1 aromatic rings. The van der Waals surface area contributed by atoms with Crippen molar-refractivity contribution in [2.75, 3.05) is 13.2 Å². The predicted molar refractivity (Wildman–Crippen MR) is 75.2 cm³/mol. The van der Waals surface area contributed by atoms with E-state index in [1.165, 1.54) is 0 Å². The summed E-state index contributed by atoms with van der Waals surface area (Å²) >= 11 is 0. The first-order chi connectivity index (χ1) is 9.09. The first kappa shape index (κ1) is 15.3. The molecule has 19 heavy (non-hydrogen) atoms. The van der Waals surface area contributed by atoms with Gasteiger partial charge in [0.25, 0.3) is 0 Å². The molecule has 4 heteroatoms. The van der Waals surface area contributed by atoms with E-state index >= 15 is 0 Å². The van der Waals surface area contributed by atoms with Gasteiger partial charge in [0.2, 0.25) is 0 Å². The van der Waals surface area contributed by atoms with Crippen LogP contribution >= 0.6 is 0 Å². The van der Waals surface area contributed by atoms with Gasteiger partial charge in [0.05, 0.1) is 19.3 Å². The second kappa shape index (κ2) is 7.65. The van der Waals surface area contributed by atoms with Crippen molar-refractivity contribution in [3.8, 4) is 17.6 Å². The van der Waals surface area contributed by atoms with Crippen molar-refractivity contribution in [1.29, 1.82) is 5.26 Å². The molecule has 1 rings (SSSR count). The molecule has 4 nitrogen and oxygen atoms in total. The Morgan fingerprint density at radius 1 is 1.21 bits per heavy atom. The van der Waals surface area contributed by atoms with E-state index in [1.807, 2.05) is 31.2 Å². The summed E-state index contributed by atoms with van der Waals surface area (Å²) in [7, 11) is 0. The summed E-state index contributed by atoms with van der Waals surface area (Å²) in [6.45, 7) is 4.92. The Bertz CT molecular complexity index is 424. The number of para-hydroxylation sites is 2. The van der Waals surface area contributed by atoms with Crippen LogP contribution in [0.2, 0.25) is 0 Å². The zero-order valence-corrected chi connectivity index (χ0v) is 11.7. The minimum absolute atomic E-state index is 0.603. The molecule has 1 atom stereocenters. The van der Waals surface area contributed by atoms with Crippen LogP contribution in [0.15, 0.2) is 24.3 Å². The number of benzene rings is 1. The highest BCUT2D eigenvalue weighted by atomic mass is 16.5. The Kier molecular flexibility index (Phi) is 6.17. The molecule has 0 aliphatic carbocycles. The Morgan fingerprint density at radius 3 is 2.42 bits per heavy atom. The van der Waals surface area contributed by atoms with Gasteiger partial charge in [0, 0.05) is 0 Å². The molecule has 0 heterocycles. The van der Waals surface area contributed by atoms with Gasteiger partial charge in [0.15, 0.2) is 11.5 Å². The average molecular weight is 262 g/mol. The first-order valence-electron chi connectivity index (χ1n) is 6.64. The SMILES string of the molecule is CCOc1ccccc1OCCCCC(C)(N)C#N. The second-order valence-electron chi connectivity index (χ2n) is 4.71. The van der Waals surface area contributed by atoms with E-state index in [2.05, 4.69) is 6.07 Å². The summed E-state index contributed by atoms with van der Waals surface area (Å²) in [5.74, 6) is 1.53. The molecular weight excluding hydrogens is 240 g/mol. The number of hydrogen-bond acceptors (Lipinski definition) is 4. The zero-order chi connectivity index (χ0) is 14.1. The van der Waals surface area contributed by atoms with Crippen LogP contribution in [0.4, 0.5) is 0 Å². The molecule has 1 aromatic carbocycles. The van der Waals surface area contributed by atoms with Crippen LogP contribution in [0.3, 0.4) is 0 Å². The Balaban J connectivity index is 2.32. The number of ether oxygens (including phenoxy) is 2. The normalized spacial score (nSPS) is 13.4. The quantitative estimate of drug-likeness (QED) is 0.731. The summed E-state index contributed by atoms with van der Waals surface area (Å²) in [6.07, 6.45) is 2.42. The van der Waals surface area contributed by atoms with Crippen LogP contribution in [0.25, 0.3) is 0 Å². The highest BCUT2D eigenvalue weighted by Gasteiger charge is 2.15. The zero-order valence-electron chi connectivity index (χ0n) is 11.7. The fourth-order valence-electron chi connectivity index (χ4n) is 1.68. The molecule has 0 fully saturated rings. The summed E-state index contributed by atoms with van der Waals surface area (Å²) in [6, 6.07) is 9.73. The molecule has 0 radical (unpaired) electrons. The Hall–Kier alpha value is -1.73. The maximum Gasteiger partial charge on any atom is 0.161 e. The van der Waals surface area contributed by atoms with Crippen molar-refractivity contribution < 1.29 is 9.47 Å². The van der Waals surface area contributed by atoms with Crippen molar-refractivity contribution in [2.45, 2.75) is 38.6 Å². The number of hydrogen-bond donors (Lipinski definition) is 1. The minimum atomic E-state index is -0.733. The number of nitrogens with zero attached hydrogens (tertiary/aromatic N) is 1. The van der Waals surface area contributed by atoms with E-state index in [4.69, 9.17) is 20.5 Å². The molecule has 1 unspecified atom stereocenters. The maximum absolute atomic E-state index is 8.80. The van der Waals surface area contributed by atoms with Gasteiger partial charge in [0.1, 0.15) is 5.54 Å². The fourth-order valence-corrected chi connectivity index (χ4v) is 1.68. The summed E-state index contributed by atoms with van der Waals surface area (Å²) in [4.78, 5) is 0. The van der Waals surface area contributed by atoms with Crippen molar-refractivity contribution in [3.63, 3.8) is 0 Å². The van der Waals surface area contributed by atoms with Crippen molar-refractivity contribution in [1.82, 2.24) is 0 Å². The maximum atomic E-state index is 8.80. The smallest absolute Gasteiger partial charge is 0.161 e. The molecule has 0 spiro atoms. The topological polar surface area (TPSA) is 68.3 Å². The molecule has 0 amide bonds. The third-order valence-electron chi connectivity index (χ3n) is 2.75. The van der Waals surface area contributed by atoms with Crippen LogP contribution < -0.4 is 15.2 Å². The van der Waals surface area contributed by atoms with Gasteiger partial charge in [-0.1, -0.05) is 12.1 Å². The summed E-state index contributed by atoms with van der Waals surface area (Å²) < 4.78 is 11.2. The lowest BCUT2D eigenvalue weighted by molar-refractivity contribution is 0.268. The number of unbranched alkanes of at least 4 members (excludes halogenated alkanes) is 1.